The highest BCUT2D eigenvalue weighted by molar-refractivity contribution is 7.99. The number of hydrogen-bond donors (Lipinski definition) is 0. The number of hydrogen-bond acceptors (Lipinski definition) is 4. The Kier molecular flexibility index (Phi) is 5.09. The van der Waals surface area contributed by atoms with Gasteiger partial charge in [-0.25, -0.2) is 8.78 Å². The summed E-state index contributed by atoms with van der Waals surface area (Å²) in [4.78, 5) is 21.0. The zero-order valence-corrected chi connectivity index (χ0v) is 9.85. The summed E-state index contributed by atoms with van der Waals surface area (Å²) in [5.41, 5.74) is -0.0580. The lowest BCUT2D eigenvalue weighted by atomic mass is 10.2. The lowest BCUT2D eigenvalue weighted by Crippen LogP contribution is -2.01. The Morgan fingerprint density at radius 1 is 1.41 bits per heavy atom. The van der Waals surface area contributed by atoms with Crippen LogP contribution >= 0.6 is 11.8 Å². The Balaban J connectivity index is 2.71. The molecule has 0 bridgehead atoms. The third kappa shape index (κ3) is 3.81. The molecule has 1 aromatic carbocycles. The molecule has 1 aromatic rings. The fourth-order valence-corrected chi connectivity index (χ4v) is 1.99. The van der Waals surface area contributed by atoms with Crippen LogP contribution in [-0.4, -0.2) is 25.1 Å². The number of carbonyl (C=O) groups is 2. The number of benzene rings is 1. The Morgan fingerprint density at radius 3 is 2.47 bits per heavy atom. The second-order valence-electron chi connectivity index (χ2n) is 3.11. The zero-order valence-electron chi connectivity index (χ0n) is 9.04. The molecule has 0 amide bonds. The number of ether oxygens (including phenoxy) is 1. The predicted octanol–water partition coefficient (Wildman–Crippen LogP) is 2.43. The van der Waals surface area contributed by atoms with Gasteiger partial charge in [-0.1, -0.05) is 0 Å². The van der Waals surface area contributed by atoms with Crippen molar-refractivity contribution in [2.75, 3.05) is 12.9 Å². The quantitative estimate of drug-likeness (QED) is 0.463. The van der Waals surface area contributed by atoms with Gasteiger partial charge in [0.25, 0.3) is 0 Å². The van der Waals surface area contributed by atoms with Crippen molar-refractivity contribution in [3.8, 4) is 0 Å². The second kappa shape index (κ2) is 6.34. The van der Waals surface area contributed by atoms with E-state index in [0.717, 1.165) is 23.9 Å². The van der Waals surface area contributed by atoms with Crippen molar-refractivity contribution < 1.29 is 23.1 Å². The number of halogens is 2. The highest BCUT2D eigenvalue weighted by atomic mass is 32.2. The van der Waals surface area contributed by atoms with E-state index >= 15 is 0 Å². The van der Waals surface area contributed by atoms with Gasteiger partial charge in [0.2, 0.25) is 0 Å². The number of thioether (sulfide) groups is 1. The minimum absolute atomic E-state index is 0.0580. The van der Waals surface area contributed by atoms with Crippen LogP contribution in [0.3, 0.4) is 0 Å². The van der Waals surface area contributed by atoms with Crippen LogP contribution in [0.25, 0.3) is 0 Å². The maximum atomic E-state index is 13.4. The molecule has 17 heavy (non-hydrogen) atoms. The molecule has 0 spiro atoms. The summed E-state index contributed by atoms with van der Waals surface area (Å²) in [5, 5.41) is 0. The topological polar surface area (TPSA) is 43.4 Å². The predicted molar refractivity (Wildman–Crippen MR) is 59.1 cm³/mol. The number of rotatable bonds is 5. The molecular formula is C11H10F2O3S. The fourth-order valence-electron chi connectivity index (χ4n) is 1.12. The van der Waals surface area contributed by atoms with Gasteiger partial charge < -0.3 is 4.74 Å². The molecular weight excluding hydrogens is 250 g/mol. The normalized spacial score (nSPS) is 10.1. The Bertz CT molecular complexity index is 412. The van der Waals surface area contributed by atoms with Gasteiger partial charge in [-0.05, 0) is 12.1 Å². The molecule has 3 nitrogen and oxygen atoms in total. The molecule has 0 heterocycles. The number of methoxy groups -OCH3 is 1. The molecule has 0 aliphatic heterocycles. The van der Waals surface area contributed by atoms with Crippen LogP contribution in [0.15, 0.2) is 17.0 Å². The zero-order chi connectivity index (χ0) is 12.8. The molecule has 0 atom stereocenters. The summed E-state index contributed by atoms with van der Waals surface area (Å²) < 4.78 is 31.1. The Morgan fingerprint density at radius 2 is 2.00 bits per heavy atom. The first-order chi connectivity index (χ1) is 8.08. The molecule has 0 aliphatic rings. The first kappa shape index (κ1) is 13.6. The largest absolute Gasteiger partial charge is 0.469 e. The molecule has 92 valence electrons. The van der Waals surface area contributed by atoms with Crippen molar-refractivity contribution in [3.63, 3.8) is 0 Å². The van der Waals surface area contributed by atoms with Gasteiger partial charge in [-0.2, -0.15) is 0 Å². The Labute approximate surface area is 101 Å². The fraction of sp³-hybridized carbons (Fsp3) is 0.273. The first-order valence-electron chi connectivity index (χ1n) is 4.72. The van der Waals surface area contributed by atoms with Gasteiger partial charge in [0.1, 0.15) is 17.9 Å². The Hall–Kier alpha value is -1.43. The molecule has 0 saturated heterocycles. The van der Waals surface area contributed by atoms with E-state index in [2.05, 4.69) is 4.74 Å². The highest BCUT2D eigenvalue weighted by Gasteiger charge is 2.12. The van der Waals surface area contributed by atoms with Crippen molar-refractivity contribution in [3.05, 3.63) is 29.3 Å². The minimum atomic E-state index is -0.804. The van der Waals surface area contributed by atoms with Crippen LogP contribution in [-0.2, 0) is 9.53 Å². The van der Waals surface area contributed by atoms with Crippen LogP contribution in [0.1, 0.15) is 16.8 Å². The number of esters is 1. The van der Waals surface area contributed by atoms with Gasteiger partial charge in [0, 0.05) is 11.3 Å². The number of aldehydes is 1. The van der Waals surface area contributed by atoms with Gasteiger partial charge in [-0.3, -0.25) is 9.59 Å². The van der Waals surface area contributed by atoms with E-state index in [4.69, 9.17) is 0 Å². The molecule has 0 aliphatic carbocycles. The van der Waals surface area contributed by atoms with Crippen LogP contribution < -0.4 is 0 Å². The van der Waals surface area contributed by atoms with Crippen LogP contribution in [0.4, 0.5) is 8.78 Å². The van der Waals surface area contributed by atoms with E-state index in [-0.39, 0.29) is 22.6 Å². The van der Waals surface area contributed by atoms with E-state index in [0.29, 0.717) is 6.29 Å². The average molecular weight is 260 g/mol. The molecule has 0 unspecified atom stereocenters. The monoisotopic (exact) mass is 260 g/mol. The van der Waals surface area contributed by atoms with Crippen molar-refractivity contribution in [1.82, 2.24) is 0 Å². The average Bonchev–Trinajstić information content (AvgIpc) is 2.31. The minimum Gasteiger partial charge on any atom is -0.469 e. The molecule has 0 radical (unpaired) electrons. The molecule has 0 N–H and O–H groups in total. The summed E-state index contributed by atoms with van der Waals surface area (Å²) in [6.45, 7) is 0. The SMILES string of the molecule is COC(=O)CCSc1c(F)cc(C=O)cc1F. The first-order valence-corrected chi connectivity index (χ1v) is 5.71. The molecule has 0 aromatic heterocycles. The van der Waals surface area contributed by atoms with Crippen molar-refractivity contribution in [2.45, 2.75) is 11.3 Å². The summed E-state index contributed by atoms with van der Waals surface area (Å²) in [6, 6.07) is 1.91. The standard InChI is InChI=1S/C11H10F2O3S/c1-16-10(15)2-3-17-11-8(12)4-7(6-14)5-9(11)13/h4-6H,2-3H2,1H3. The van der Waals surface area contributed by atoms with Crippen molar-refractivity contribution in [2.24, 2.45) is 0 Å². The van der Waals surface area contributed by atoms with Crippen LogP contribution in [0.5, 0.6) is 0 Å². The summed E-state index contributed by atoms with van der Waals surface area (Å²) in [5.74, 6) is -1.84. The highest BCUT2D eigenvalue weighted by Crippen LogP contribution is 2.26. The van der Waals surface area contributed by atoms with E-state index in [1.807, 2.05) is 0 Å². The maximum absolute atomic E-state index is 13.4. The van der Waals surface area contributed by atoms with E-state index < -0.39 is 17.6 Å². The van der Waals surface area contributed by atoms with Gasteiger partial charge in [0.15, 0.2) is 0 Å². The van der Waals surface area contributed by atoms with Crippen molar-refractivity contribution in [1.29, 1.82) is 0 Å². The lowest BCUT2D eigenvalue weighted by molar-refractivity contribution is -0.140. The second-order valence-corrected chi connectivity index (χ2v) is 4.21. The smallest absolute Gasteiger partial charge is 0.306 e. The van der Waals surface area contributed by atoms with Crippen LogP contribution in [0, 0.1) is 11.6 Å². The van der Waals surface area contributed by atoms with Crippen LogP contribution in [0.2, 0.25) is 0 Å². The van der Waals surface area contributed by atoms with Gasteiger partial charge >= 0.3 is 5.97 Å². The lowest BCUT2D eigenvalue weighted by Gasteiger charge is -2.05. The summed E-state index contributed by atoms with van der Waals surface area (Å²) >= 11 is 0.870. The van der Waals surface area contributed by atoms with Gasteiger partial charge in [-0.15, -0.1) is 11.8 Å². The summed E-state index contributed by atoms with van der Waals surface area (Å²) in [6.07, 6.45) is 0.435. The molecule has 0 fully saturated rings. The van der Waals surface area contributed by atoms with Gasteiger partial charge in [0.05, 0.1) is 18.4 Å². The molecule has 1 rings (SSSR count). The number of carbonyl (C=O) groups excluding carboxylic acids is 2. The van der Waals surface area contributed by atoms with E-state index in [1.165, 1.54) is 7.11 Å². The van der Waals surface area contributed by atoms with E-state index in [1.54, 1.807) is 0 Å². The summed E-state index contributed by atoms with van der Waals surface area (Å²) in [7, 11) is 1.24. The maximum Gasteiger partial charge on any atom is 0.306 e. The molecule has 0 saturated carbocycles. The third-order valence-electron chi connectivity index (χ3n) is 1.94. The van der Waals surface area contributed by atoms with Crippen molar-refractivity contribution >= 4 is 24.0 Å². The van der Waals surface area contributed by atoms with E-state index in [9.17, 15) is 18.4 Å². The molecule has 6 heteroatoms. The third-order valence-corrected chi connectivity index (χ3v) is 3.02.